The largest absolute Gasteiger partial charge is 0.330 e. The molecule has 2 N–H and O–H groups in total. The third-order valence-corrected chi connectivity index (χ3v) is 6.15. The second-order valence-electron chi connectivity index (χ2n) is 7.76. The molecule has 0 spiro atoms. The topological polar surface area (TPSA) is 55.0 Å². The standard InChI is InChI=1S/C21H26Cl2N4/c1-13-25-20(15(8-9-24)11-14-4-5-14)17-3-2-10-27(21(17)26-13)19-7-6-16(22)12-18(19)23/h6-7,12,14-15H,2-5,8-11,24H2,1H3. The van der Waals surface area contributed by atoms with Crippen molar-refractivity contribution in [3.63, 3.8) is 0 Å². The van der Waals surface area contributed by atoms with E-state index in [1.165, 1.54) is 30.5 Å². The van der Waals surface area contributed by atoms with Gasteiger partial charge in [-0.05, 0) is 63.3 Å². The zero-order valence-electron chi connectivity index (χ0n) is 15.7. The van der Waals surface area contributed by atoms with Gasteiger partial charge in [-0.25, -0.2) is 9.97 Å². The summed E-state index contributed by atoms with van der Waals surface area (Å²) >= 11 is 12.6. The van der Waals surface area contributed by atoms with Crippen LogP contribution in [-0.2, 0) is 6.42 Å². The SMILES string of the molecule is Cc1nc(C(CCN)CC2CC2)c2c(n1)N(c1ccc(Cl)cc1Cl)CCC2. The van der Waals surface area contributed by atoms with E-state index in [1.807, 2.05) is 19.1 Å². The van der Waals surface area contributed by atoms with E-state index in [2.05, 4.69) is 4.90 Å². The molecule has 27 heavy (non-hydrogen) atoms. The smallest absolute Gasteiger partial charge is 0.140 e. The summed E-state index contributed by atoms with van der Waals surface area (Å²) in [5.74, 6) is 3.10. The summed E-state index contributed by atoms with van der Waals surface area (Å²) in [7, 11) is 0. The van der Waals surface area contributed by atoms with Gasteiger partial charge in [0, 0.05) is 23.0 Å². The fourth-order valence-electron chi connectivity index (χ4n) is 4.18. The van der Waals surface area contributed by atoms with Crippen molar-refractivity contribution in [1.82, 2.24) is 9.97 Å². The summed E-state index contributed by atoms with van der Waals surface area (Å²) < 4.78 is 0. The highest BCUT2D eigenvalue weighted by Crippen LogP contribution is 2.43. The molecule has 2 aliphatic rings. The number of hydrogen-bond donors (Lipinski definition) is 1. The van der Waals surface area contributed by atoms with Crippen molar-refractivity contribution in [2.24, 2.45) is 11.7 Å². The second-order valence-corrected chi connectivity index (χ2v) is 8.61. The van der Waals surface area contributed by atoms with Crippen LogP contribution in [-0.4, -0.2) is 23.1 Å². The highest BCUT2D eigenvalue weighted by Gasteiger charge is 2.31. The third kappa shape index (κ3) is 4.08. The van der Waals surface area contributed by atoms with Crippen LogP contribution in [0.3, 0.4) is 0 Å². The fourth-order valence-corrected chi connectivity index (χ4v) is 4.69. The molecular formula is C21H26Cl2N4. The average Bonchev–Trinajstić information content (AvgIpc) is 3.45. The van der Waals surface area contributed by atoms with Crippen LogP contribution in [0.1, 0.15) is 55.1 Å². The van der Waals surface area contributed by atoms with E-state index in [9.17, 15) is 0 Å². The lowest BCUT2D eigenvalue weighted by molar-refractivity contribution is 0.523. The predicted molar refractivity (Wildman–Crippen MR) is 112 cm³/mol. The maximum atomic E-state index is 6.51. The van der Waals surface area contributed by atoms with Gasteiger partial charge in [-0.3, -0.25) is 0 Å². The molecule has 0 radical (unpaired) electrons. The van der Waals surface area contributed by atoms with Gasteiger partial charge in [0.25, 0.3) is 0 Å². The molecule has 4 nitrogen and oxygen atoms in total. The Bertz CT molecular complexity index is 835. The van der Waals surface area contributed by atoms with Gasteiger partial charge in [0.2, 0.25) is 0 Å². The van der Waals surface area contributed by atoms with Gasteiger partial charge in [-0.2, -0.15) is 0 Å². The molecule has 1 aliphatic carbocycles. The van der Waals surface area contributed by atoms with Crippen LogP contribution in [0, 0.1) is 12.8 Å². The maximum absolute atomic E-state index is 6.51. The second kappa shape index (κ2) is 7.94. The van der Waals surface area contributed by atoms with Crippen LogP contribution < -0.4 is 10.6 Å². The molecule has 1 aromatic heterocycles. The fraction of sp³-hybridized carbons (Fsp3) is 0.524. The number of halogens is 2. The van der Waals surface area contributed by atoms with E-state index in [-0.39, 0.29) is 0 Å². The Kier molecular flexibility index (Phi) is 5.58. The van der Waals surface area contributed by atoms with E-state index in [1.54, 1.807) is 6.07 Å². The van der Waals surface area contributed by atoms with Gasteiger partial charge in [-0.15, -0.1) is 0 Å². The van der Waals surface area contributed by atoms with E-state index >= 15 is 0 Å². The molecule has 1 saturated carbocycles. The normalized spacial score (nSPS) is 17.7. The minimum Gasteiger partial charge on any atom is -0.330 e. The van der Waals surface area contributed by atoms with Gasteiger partial charge in [0.05, 0.1) is 16.4 Å². The minimum absolute atomic E-state index is 0.429. The summed E-state index contributed by atoms with van der Waals surface area (Å²) in [6, 6.07) is 5.67. The van der Waals surface area contributed by atoms with Crippen LogP contribution in [0.2, 0.25) is 10.0 Å². The van der Waals surface area contributed by atoms with E-state index in [0.29, 0.717) is 22.5 Å². The number of fused-ring (bicyclic) bond motifs is 1. The molecule has 2 heterocycles. The van der Waals surface area contributed by atoms with Crippen molar-refractivity contribution < 1.29 is 0 Å². The molecule has 144 valence electrons. The number of nitrogens with zero attached hydrogens (tertiary/aromatic N) is 3. The van der Waals surface area contributed by atoms with Gasteiger partial charge in [0.15, 0.2) is 0 Å². The molecule has 0 bridgehead atoms. The number of aromatic nitrogens is 2. The number of aryl methyl sites for hydroxylation is 1. The van der Waals surface area contributed by atoms with Gasteiger partial charge in [0.1, 0.15) is 11.6 Å². The van der Waals surface area contributed by atoms with Crippen molar-refractivity contribution in [3.05, 3.63) is 45.3 Å². The molecule has 1 aromatic carbocycles. The van der Waals surface area contributed by atoms with Gasteiger partial charge < -0.3 is 10.6 Å². The Labute approximate surface area is 171 Å². The lowest BCUT2D eigenvalue weighted by Gasteiger charge is -2.33. The van der Waals surface area contributed by atoms with Crippen LogP contribution >= 0.6 is 23.2 Å². The van der Waals surface area contributed by atoms with Crippen molar-refractivity contribution in [1.29, 1.82) is 0 Å². The van der Waals surface area contributed by atoms with E-state index in [4.69, 9.17) is 38.9 Å². The van der Waals surface area contributed by atoms with Gasteiger partial charge >= 0.3 is 0 Å². The molecule has 1 fully saturated rings. The van der Waals surface area contributed by atoms with Crippen LogP contribution in [0.25, 0.3) is 0 Å². The first kappa shape index (κ1) is 19.0. The first-order valence-electron chi connectivity index (χ1n) is 9.87. The van der Waals surface area contributed by atoms with Crippen molar-refractivity contribution in [2.75, 3.05) is 18.0 Å². The highest BCUT2D eigenvalue weighted by molar-refractivity contribution is 6.36. The Balaban J connectivity index is 1.77. The van der Waals surface area contributed by atoms with Crippen molar-refractivity contribution >= 4 is 34.7 Å². The molecule has 4 rings (SSSR count). The number of hydrogen-bond acceptors (Lipinski definition) is 4. The minimum atomic E-state index is 0.429. The van der Waals surface area contributed by atoms with Crippen molar-refractivity contribution in [2.45, 2.75) is 51.4 Å². The molecule has 6 heteroatoms. The molecule has 1 unspecified atom stereocenters. The van der Waals surface area contributed by atoms with Crippen LogP contribution in [0.5, 0.6) is 0 Å². The van der Waals surface area contributed by atoms with Gasteiger partial charge in [-0.1, -0.05) is 36.0 Å². The summed E-state index contributed by atoms with van der Waals surface area (Å²) in [5, 5.41) is 1.30. The zero-order chi connectivity index (χ0) is 19.0. The molecule has 0 saturated heterocycles. The summed E-state index contributed by atoms with van der Waals surface area (Å²) in [4.78, 5) is 12.0. The quantitative estimate of drug-likeness (QED) is 0.698. The Hall–Kier alpha value is -1.36. The lowest BCUT2D eigenvalue weighted by atomic mass is 9.89. The first-order chi connectivity index (χ1) is 13.1. The third-order valence-electron chi connectivity index (χ3n) is 5.61. The first-order valence-corrected chi connectivity index (χ1v) is 10.6. The molecule has 1 atom stereocenters. The monoisotopic (exact) mass is 404 g/mol. The summed E-state index contributed by atoms with van der Waals surface area (Å²) in [6.07, 6.45) is 6.95. The molecule has 1 aliphatic heterocycles. The van der Waals surface area contributed by atoms with E-state index in [0.717, 1.165) is 49.1 Å². The van der Waals surface area contributed by atoms with E-state index < -0.39 is 0 Å². The molecular weight excluding hydrogens is 379 g/mol. The zero-order valence-corrected chi connectivity index (χ0v) is 17.2. The number of nitrogens with two attached hydrogens (primary N) is 1. The Morgan fingerprint density at radius 2 is 2.07 bits per heavy atom. The maximum Gasteiger partial charge on any atom is 0.140 e. The Morgan fingerprint density at radius 3 is 2.78 bits per heavy atom. The molecule has 0 amide bonds. The summed E-state index contributed by atoms with van der Waals surface area (Å²) in [6.45, 7) is 3.58. The summed E-state index contributed by atoms with van der Waals surface area (Å²) in [5.41, 5.74) is 9.39. The van der Waals surface area contributed by atoms with Crippen LogP contribution in [0.4, 0.5) is 11.5 Å². The molecule has 2 aromatic rings. The highest BCUT2D eigenvalue weighted by atomic mass is 35.5. The Morgan fingerprint density at radius 1 is 1.26 bits per heavy atom. The lowest BCUT2D eigenvalue weighted by Crippen LogP contribution is -2.28. The average molecular weight is 405 g/mol. The number of benzene rings is 1. The van der Waals surface area contributed by atoms with Crippen LogP contribution in [0.15, 0.2) is 18.2 Å². The predicted octanol–water partition coefficient (Wildman–Crippen LogP) is 5.41. The number of anilines is 2. The van der Waals surface area contributed by atoms with Crippen molar-refractivity contribution in [3.8, 4) is 0 Å². The number of rotatable bonds is 6.